The number of rotatable bonds is 12. The van der Waals surface area contributed by atoms with Crippen LogP contribution in [-0.2, 0) is 14.3 Å². The summed E-state index contributed by atoms with van der Waals surface area (Å²) >= 11 is 31.4. The number of Topliss-reactive ketones (excluding diaryl/α,β-unsaturated/α-hetero) is 2. The van der Waals surface area contributed by atoms with E-state index >= 15 is 0 Å². The molecule has 6 aromatic rings. The zero-order valence-electron chi connectivity index (χ0n) is 41.9. The van der Waals surface area contributed by atoms with E-state index < -0.39 is 40.9 Å². The molecule has 0 radical (unpaired) electrons. The molecule has 77 heavy (non-hydrogen) atoms. The molecule has 0 bridgehead atoms. The van der Waals surface area contributed by atoms with E-state index in [4.69, 9.17) is 44.6 Å². The van der Waals surface area contributed by atoms with E-state index in [0.717, 1.165) is 32.7 Å². The smallest absolute Gasteiger partial charge is 0.337 e. The molecular formula is C58H56Br2Cl3F3I3O8-. The van der Waals surface area contributed by atoms with Gasteiger partial charge < -0.3 is 19.7 Å². The minimum atomic E-state index is -1.11. The third kappa shape index (κ3) is 28.0. The largest absolute Gasteiger partial charge is 0.629 e. The van der Waals surface area contributed by atoms with Crippen LogP contribution in [-0.4, -0.2) is 40.8 Å². The van der Waals surface area contributed by atoms with Crippen molar-refractivity contribution in [3.05, 3.63) is 220 Å². The molecule has 2 atom stereocenters. The predicted molar refractivity (Wildman–Crippen MR) is 338 cm³/mol. The second-order valence-electron chi connectivity index (χ2n) is 16.9. The molecule has 0 aromatic heterocycles. The molecule has 1 N–H and O–H groups in total. The number of benzene rings is 6. The van der Waals surface area contributed by atoms with E-state index in [-0.39, 0.29) is 40.9 Å². The lowest BCUT2D eigenvalue weighted by Crippen LogP contribution is -2.22. The van der Waals surface area contributed by atoms with E-state index in [1.54, 1.807) is 99.6 Å². The molecule has 8 nitrogen and oxygen atoms in total. The molecule has 414 valence electrons. The monoisotopic (exact) mass is 1580 g/mol. The fourth-order valence-corrected chi connectivity index (χ4v) is 7.74. The van der Waals surface area contributed by atoms with Crippen molar-refractivity contribution in [2.24, 2.45) is 0 Å². The summed E-state index contributed by atoms with van der Waals surface area (Å²) < 4.78 is 50.9. The van der Waals surface area contributed by atoms with E-state index in [0.29, 0.717) is 50.7 Å². The fraction of sp³-hybridized carbons (Fsp3) is 0.241. The summed E-state index contributed by atoms with van der Waals surface area (Å²) in [6.45, 7) is 11.4. The maximum atomic E-state index is 13.3. The van der Waals surface area contributed by atoms with Gasteiger partial charge in [0.1, 0.15) is 22.5 Å². The first kappa shape index (κ1) is 71.5. The SMILES string of the molecule is C.CC(I)(I)I.CCC(C(=O)c1ccc(/C=C/C(=O)OC(C)(C)C)cc1)c1ccc(F)cc1Cl.CCC(C(=O)c1ccc(Br)cc1)c1ccc(F)cc1Cl.COC(=O)c1ccc(Br)cc1.[O-]C(O)=Cc1ccc(F)cc1Cl. The van der Waals surface area contributed by atoms with Crippen LogP contribution in [0, 0.1) is 17.5 Å². The highest BCUT2D eigenvalue weighted by Gasteiger charge is 2.24. The first-order valence-electron chi connectivity index (χ1n) is 22.6. The summed E-state index contributed by atoms with van der Waals surface area (Å²) in [4.78, 5) is 48.1. The minimum absolute atomic E-state index is 0. The van der Waals surface area contributed by atoms with Crippen molar-refractivity contribution >= 4 is 170 Å². The van der Waals surface area contributed by atoms with Gasteiger partial charge in [0.25, 0.3) is 0 Å². The second-order valence-corrected chi connectivity index (χ2v) is 32.6. The standard InChI is InChI=1S/C23H24ClFO3.C16H13BrClFO.C8H7BrO2.C8H6ClFO2.C2H3I3.CH4/c1-5-18(19-12-11-17(25)14-20(19)24)22(27)16-9-6-15(7-10-16)8-13-21(26)28-23(2,3)4;1-2-13(14-8-7-12(19)9-15(14)18)16(20)10-3-5-11(17)6-4-10;1-11-8(10)6-2-4-7(9)5-3-6;9-7-4-6(10)2-1-5(7)3-8(11)12;1-2(3,4)5;/h6-14,18H,5H2,1-4H3;3-9,13H,2H2,1H3;2-5H,1H3;1-4,11-12H;1H3;1H4/p-1/b13-8+;;;;;. The van der Waals surface area contributed by atoms with Crippen molar-refractivity contribution in [3.63, 3.8) is 0 Å². The molecule has 19 heteroatoms. The van der Waals surface area contributed by atoms with Crippen LogP contribution in [0.25, 0.3) is 12.2 Å². The summed E-state index contributed by atoms with van der Waals surface area (Å²) in [5.74, 6) is -4.05. The number of ketones is 2. The summed E-state index contributed by atoms with van der Waals surface area (Å²) in [5.41, 5.74) is 3.53. The Labute approximate surface area is 522 Å². The van der Waals surface area contributed by atoms with Gasteiger partial charge in [0.15, 0.2) is 11.6 Å². The molecule has 0 aliphatic carbocycles. The van der Waals surface area contributed by atoms with Crippen molar-refractivity contribution in [1.82, 2.24) is 0 Å². The summed E-state index contributed by atoms with van der Waals surface area (Å²) in [6.07, 6.45) is 5.07. The number of hydrogen-bond donors (Lipinski definition) is 1. The van der Waals surface area contributed by atoms with Crippen LogP contribution in [0.4, 0.5) is 13.2 Å². The molecule has 2 unspecified atom stereocenters. The van der Waals surface area contributed by atoms with Crippen molar-refractivity contribution in [2.75, 3.05) is 7.11 Å². The number of aliphatic hydroxyl groups excluding tert-OH is 1. The van der Waals surface area contributed by atoms with Gasteiger partial charge in [0.05, 0.1) is 17.7 Å². The topological polar surface area (TPSA) is 130 Å². The molecule has 0 fully saturated rings. The number of carbonyl (C=O) groups is 4. The highest BCUT2D eigenvalue weighted by molar-refractivity contribution is 14.3. The predicted octanol–water partition coefficient (Wildman–Crippen LogP) is 19.4. The number of hydrogen-bond acceptors (Lipinski definition) is 8. The van der Waals surface area contributed by atoms with Crippen LogP contribution in [0.15, 0.2) is 148 Å². The third-order valence-corrected chi connectivity index (χ3v) is 11.8. The summed E-state index contributed by atoms with van der Waals surface area (Å²) in [7, 11) is 1.37. The summed E-state index contributed by atoms with van der Waals surface area (Å²) in [5, 5.41) is 19.2. The van der Waals surface area contributed by atoms with Gasteiger partial charge in [-0.25, -0.2) is 22.8 Å². The van der Waals surface area contributed by atoms with Crippen LogP contribution in [0.2, 0.25) is 15.1 Å². The van der Waals surface area contributed by atoms with Crippen molar-refractivity contribution in [3.8, 4) is 0 Å². The third-order valence-electron chi connectivity index (χ3n) is 9.77. The highest BCUT2D eigenvalue weighted by atomic mass is 127. The highest BCUT2D eigenvalue weighted by Crippen LogP contribution is 2.34. The Morgan fingerprint density at radius 2 is 1.00 bits per heavy atom. The minimum Gasteiger partial charge on any atom is -0.629 e. The van der Waals surface area contributed by atoms with E-state index in [9.17, 15) is 37.5 Å². The van der Waals surface area contributed by atoms with Crippen molar-refractivity contribution in [2.45, 2.75) is 78.7 Å². The lowest BCUT2D eigenvalue weighted by molar-refractivity contribution is -0.345. The molecule has 0 saturated carbocycles. The van der Waals surface area contributed by atoms with E-state index in [1.165, 1.54) is 43.5 Å². The Kier molecular flexibility index (Phi) is 32.8. The van der Waals surface area contributed by atoms with Crippen LogP contribution >= 0.6 is 134 Å². The van der Waals surface area contributed by atoms with E-state index in [2.05, 4.69) is 111 Å². The maximum Gasteiger partial charge on any atom is 0.337 e. The average molecular weight is 1580 g/mol. The lowest BCUT2D eigenvalue weighted by atomic mass is 9.88. The number of aliphatic hydroxyl groups is 1. The number of alkyl halides is 3. The molecule has 0 saturated heterocycles. The second kappa shape index (κ2) is 35.3. The molecule has 0 heterocycles. The van der Waals surface area contributed by atoms with Crippen LogP contribution in [0.1, 0.15) is 127 Å². The van der Waals surface area contributed by atoms with Gasteiger partial charge in [-0.1, -0.05) is 210 Å². The quantitative estimate of drug-likeness (QED) is 0.0320. The number of ether oxygens (including phenoxy) is 2. The van der Waals surface area contributed by atoms with Gasteiger partial charge in [0, 0.05) is 54.0 Å². The maximum absolute atomic E-state index is 13.3. The van der Waals surface area contributed by atoms with Crippen molar-refractivity contribution in [1.29, 1.82) is 0 Å². The molecule has 0 spiro atoms. The normalized spacial score (nSPS) is 11.7. The van der Waals surface area contributed by atoms with Crippen LogP contribution < -0.4 is 5.11 Å². The number of esters is 2. The molecule has 0 amide bonds. The molecule has 6 aromatic carbocycles. The Balaban J connectivity index is 0.000000526. The summed E-state index contributed by atoms with van der Waals surface area (Å²) in [6, 6.07) is 32.9. The Morgan fingerprint density at radius 1 is 0.636 bits per heavy atom. The molecule has 0 aliphatic rings. The first-order valence-corrected chi connectivity index (χ1v) is 28.6. The zero-order valence-corrected chi connectivity index (χ0v) is 53.8. The van der Waals surface area contributed by atoms with Gasteiger partial charge in [0.2, 0.25) is 0 Å². The first-order chi connectivity index (χ1) is 35.5. The molecule has 6 rings (SSSR count). The Bertz CT molecular complexity index is 2920. The zero-order chi connectivity index (χ0) is 57.5. The van der Waals surface area contributed by atoms with Gasteiger partial charge in [-0.05, 0) is 148 Å². The lowest BCUT2D eigenvalue weighted by Gasteiger charge is -2.17. The number of halogens is 11. The van der Waals surface area contributed by atoms with Crippen molar-refractivity contribution < 1.29 is 52.0 Å². The number of methoxy groups -OCH3 is 1. The average Bonchev–Trinajstić information content (AvgIpc) is 3.33. The van der Waals surface area contributed by atoms with Crippen LogP contribution in [0.3, 0.4) is 0 Å². The Hall–Kier alpha value is -3.51. The van der Waals surface area contributed by atoms with Gasteiger partial charge in [-0.2, -0.15) is 0 Å². The fourth-order valence-electron chi connectivity index (χ4n) is 6.39. The van der Waals surface area contributed by atoms with E-state index in [1.807, 2.05) is 26.0 Å². The van der Waals surface area contributed by atoms with Gasteiger partial charge >= 0.3 is 11.9 Å². The van der Waals surface area contributed by atoms with Gasteiger partial charge in [-0.15, -0.1) is 0 Å². The molecular weight excluding hydrogens is 1530 g/mol. The number of carbonyl (C=O) groups excluding carboxylic acids is 4. The Morgan fingerprint density at radius 3 is 1.34 bits per heavy atom. The van der Waals surface area contributed by atoms with Crippen LogP contribution in [0.5, 0.6) is 0 Å². The van der Waals surface area contributed by atoms with Gasteiger partial charge in [-0.3, -0.25) is 9.59 Å². The molecule has 0 aliphatic heterocycles.